The molecule has 0 aliphatic heterocycles. The lowest BCUT2D eigenvalue weighted by molar-refractivity contribution is 0.721. The second-order valence-corrected chi connectivity index (χ2v) is 5.82. The Morgan fingerprint density at radius 2 is 1.75 bits per heavy atom. The minimum absolute atomic E-state index is 0.329. The Kier molecular flexibility index (Phi) is 5.93. The number of benzene rings is 1. The summed E-state index contributed by atoms with van der Waals surface area (Å²) in [5.74, 6) is 2.88. The van der Waals surface area contributed by atoms with E-state index in [0.717, 1.165) is 17.9 Å². The molecule has 0 aromatic heterocycles. The maximum absolute atomic E-state index is 5.71. The third-order valence-electron chi connectivity index (χ3n) is 2.63. The van der Waals surface area contributed by atoms with Gasteiger partial charge in [0.25, 0.3) is 0 Å². The van der Waals surface area contributed by atoms with Gasteiger partial charge in [0.05, 0.1) is 0 Å². The SMILES string of the molecule is CC(N)CCSCc1ccc(C(C)C)cc1. The molecule has 0 aliphatic carbocycles. The molecule has 0 saturated heterocycles. The molecule has 0 bridgehead atoms. The lowest BCUT2D eigenvalue weighted by atomic mass is 10.0. The number of hydrogen-bond acceptors (Lipinski definition) is 2. The topological polar surface area (TPSA) is 26.0 Å². The quantitative estimate of drug-likeness (QED) is 0.762. The van der Waals surface area contributed by atoms with Crippen LogP contribution >= 0.6 is 11.8 Å². The molecule has 1 aromatic carbocycles. The molecule has 0 fully saturated rings. The standard InChI is InChI=1S/C14H23NS/c1-11(2)14-6-4-13(5-7-14)10-16-9-8-12(3)15/h4-7,11-12H,8-10,15H2,1-3H3. The molecule has 1 atom stereocenters. The molecule has 2 heteroatoms. The smallest absolute Gasteiger partial charge is 0.0184 e. The van der Waals surface area contributed by atoms with E-state index in [1.54, 1.807) is 0 Å². The van der Waals surface area contributed by atoms with E-state index in [1.165, 1.54) is 11.1 Å². The van der Waals surface area contributed by atoms with Gasteiger partial charge in [-0.05, 0) is 36.1 Å². The molecule has 16 heavy (non-hydrogen) atoms. The maximum Gasteiger partial charge on any atom is 0.0184 e. The Labute approximate surface area is 104 Å². The highest BCUT2D eigenvalue weighted by atomic mass is 32.2. The molecule has 90 valence electrons. The van der Waals surface area contributed by atoms with Crippen molar-refractivity contribution in [3.8, 4) is 0 Å². The third-order valence-corrected chi connectivity index (χ3v) is 3.69. The molecule has 0 heterocycles. The average Bonchev–Trinajstić information content (AvgIpc) is 2.25. The van der Waals surface area contributed by atoms with Crippen LogP contribution in [0.15, 0.2) is 24.3 Å². The number of thioether (sulfide) groups is 1. The summed E-state index contributed by atoms with van der Waals surface area (Å²) in [6, 6.07) is 9.30. The molecule has 1 rings (SSSR count). The highest BCUT2D eigenvalue weighted by Gasteiger charge is 1.99. The van der Waals surface area contributed by atoms with Crippen molar-refractivity contribution in [1.29, 1.82) is 0 Å². The minimum atomic E-state index is 0.329. The van der Waals surface area contributed by atoms with Crippen LogP contribution in [0.1, 0.15) is 44.2 Å². The Balaban J connectivity index is 2.32. The molecule has 0 saturated carbocycles. The predicted octanol–water partition coefficient (Wildman–Crippen LogP) is 3.78. The van der Waals surface area contributed by atoms with Crippen LogP contribution in [0.3, 0.4) is 0 Å². The van der Waals surface area contributed by atoms with Gasteiger partial charge in [-0.1, -0.05) is 38.1 Å². The molecule has 1 nitrogen and oxygen atoms in total. The fourth-order valence-electron chi connectivity index (χ4n) is 1.46. The van der Waals surface area contributed by atoms with Gasteiger partial charge in [-0.25, -0.2) is 0 Å². The summed E-state index contributed by atoms with van der Waals surface area (Å²) in [5, 5.41) is 0. The van der Waals surface area contributed by atoms with E-state index in [0.29, 0.717) is 12.0 Å². The van der Waals surface area contributed by atoms with E-state index in [4.69, 9.17) is 5.73 Å². The lowest BCUT2D eigenvalue weighted by Gasteiger charge is -2.07. The Hall–Kier alpha value is -0.470. The van der Waals surface area contributed by atoms with Crippen molar-refractivity contribution in [2.45, 2.75) is 44.9 Å². The minimum Gasteiger partial charge on any atom is -0.328 e. The van der Waals surface area contributed by atoms with Gasteiger partial charge in [0.1, 0.15) is 0 Å². The molecule has 2 N–H and O–H groups in total. The van der Waals surface area contributed by atoms with Crippen LogP contribution in [-0.4, -0.2) is 11.8 Å². The van der Waals surface area contributed by atoms with Crippen molar-refractivity contribution < 1.29 is 0 Å². The van der Waals surface area contributed by atoms with Crippen LogP contribution in [0.25, 0.3) is 0 Å². The summed E-state index contributed by atoms with van der Waals surface area (Å²) in [4.78, 5) is 0. The van der Waals surface area contributed by atoms with Gasteiger partial charge in [-0.15, -0.1) is 0 Å². The second kappa shape index (κ2) is 6.97. The van der Waals surface area contributed by atoms with Crippen molar-refractivity contribution in [3.63, 3.8) is 0 Å². The van der Waals surface area contributed by atoms with Gasteiger partial charge < -0.3 is 5.73 Å². The van der Waals surface area contributed by atoms with Crippen LogP contribution in [0.2, 0.25) is 0 Å². The monoisotopic (exact) mass is 237 g/mol. The number of nitrogens with two attached hydrogens (primary N) is 1. The first kappa shape index (κ1) is 13.6. The highest BCUT2D eigenvalue weighted by molar-refractivity contribution is 7.98. The van der Waals surface area contributed by atoms with Crippen LogP contribution in [0.4, 0.5) is 0 Å². The first-order valence-electron chi connectivity index (χ1n) is 6.01. The summed E-state index contributed by atoms with van der Waals surface area (Å²) >= 11 is 1.97. The molecular formula is C14H23NS. The normalized spacial score (nSPS) is 13.1. The lowest BCUT2D eigenvalue weighted by Crippen LogP contribution is -2.15. The summed E-state index contributed by atoms with van der Waals surface area (Å²) < 4.78 is 0. The van der Waals surface area contributed by atoms with Gasteiger partial charge >= 0.3 is 0 Å². The van der Waals surface area contributed by atoms with E-state index >= 15 is 0 Å². The summed E-state index contributed by atoms with van der Waals surface area (Å²) in [6.45, 7) is 6.52. The van der Waals surface area contributed by atoms with E-state index in [2.05, 4.69) is 45.0 Å². The van der Waals surface area contributed by atoms with Crippen LogP contribution < -0.4 is 5.73 Å². The van der Waals surface area contributed by atoms with E-state index < -0.39 is 0 Å². The molecule has 1 aromatic rings. The number of hydrogen-bond donors (Lipinski definition) is 1. The maximum atomic E-state index is 5.71. The predicted molar refractivity (Wildman–Crippen MR) is 75.0 cm³/mol. The first-order valence-corrected chi connectivity index (χ1v) is 7.17. The van der Waals surface area contributed by atoms with E-state index in [1.807, 2.05) is 11.8 Å². The fraction of sp³-hybridized carbons (Fsp3) is 0.571. The zero-order valence-electron chi connectivity index (χ0n) is 10.6. The summed E-state index contributed by atoms with van der Waals surface area (Å²) in [6.07, 6.45) is 1.11. The van der Waals surface area contributed by atoms with Gasteiger partial charge in [0, 0.05) is 11.8 Å². The molecule has 0 spiro atoms. The molecule has 1 unspecified atom stereocenters. The first-order chi connectivity index (χ1) is 7.59. The van der Waals surface area contributed by atoms with Crippen LogP contribution in [0, 0.1) is 0 Å². The molecule has 0 aliphatic rings. The van der Waals surface area contributed by atoms with Gasteiger partial charge in [-0.3, -0.25) is 0 Å². The van der Waals surface area contributed by atoms with Crippen molar-refractivity contribution in [2.75, 3.05) is 5.75 Å². The highest BCUT2D eigenvalue weighted by Crippen LogP contribution is 2.18. The van der Waals surface area contributed by atoms with Gasteiger partial charge in [-0.2, -0.15) is 11.8 Å². The van der Waals surface area contributed by atoms with Crippen molar-refractivity contribution >= 4 is 11.8 Å². The van der Waals surface area contributed by atoms with Gasteiger partial charge in [0.2, 0.25) is 0 Å². The Bertz CT molecular complexity index is 290. The Morgan fingerprint density at radius 1 is 1.12 bits per heavy atom. The third kappa shape index (κ3) is 5.04. The summed E-state index contributed by atoms with van der Waals surface area (Å²) in [5.41, 5.74) is 8.55. The van der Waals surface area contributed by atoms with Crippen molar-refractivity contribution in [2.24, 2.45) is 5.73 Å². The zero-order valence-corrected chi connectivity index (χ0v) is 11.4. The largest absolute Gasteiger partial charge is 0.328 e. The van der Waals surface area contributed by atoms with Gasteiger partial charge in [0.15, 0.2) is 0 Å². The molecular weight excluding hydrogens is 214 g/mol. The molecule has 0 amide bonds. The number of rotatable bonds is 6. The van der Waals surface area contributed by atoms with Crippen LogP contribution in [-0.2, 0) is 5.75 Å². The summed E-state index contributed by atoms with van der Waals surface area (Å²) in [7, 11) is 0. The second-order valence-electron chi connectivity index (χ2n) is 4.71. The Morgan fingerprint density at radius 3 is 2.25 bits per heavy atom. The van der Waals surface area contributed by atoms with Crippen molar-refractivity contribution in [1.82, 2.24) is 0 Å². The fourth-order valence-corrected chi connectivity index (χ4v) is 2.57. The molecule has 0 radical (unpaired) electrons. The zero-order chi connectivity index (χ0) is 12.0. The van der Waals surface area contributed by atoms with Crippen LogP contribution in [0.5, 0.6) is 0 Å². The van der Waals surface area contributed by atoms with E-state index in [-0.39, 0.29) is 0 Å². The van der Waals surface area contributed by atoms with E-state index in [9.17, 15) is 0 Å². The van der Waals surface area contributed by atoms with Crippen molar-refractivity contribution in [3.05, 3.63) is 35.4 Å². The average molecular weight is 237 g/mol.